The van der Waals surface area contributed by atoms with Crippen LogP contribution in [0.25, 0.3) is 0 Å². The number of alkyl halides is 1. The maximum atomic E-state index is 11.8. The van der Waals surface area contributed by atoms with Crippen LogP contribution in [0, 0.1) is 0 Å². The van der Waals surface area contributed by atoms with Crippen molar-refractivity contribution in [1.29, 1.82) is 0 Å². The Morgan fingerprint density at radius 3 is 1.94 bits per heavy atom. The minimum Gasteiger partial charge on any atom is -0.478 e. The minimum absolute atomic E-state index is 0.185. The molecule has 1 N–H and O–H groups in total. The summed E-state index contributed by atoms with van der Waals surface area (Å²) in [7, 11) is 0. The molecular weight excluding hydrogens is 219 g/mol. The van der Waals surface area contributed by atoms with Gasteiger partial charge in [0.15, 0.2) is 0 Å². The van der Waals surface area contributed by atoms with E-state index < -0.39 is 5.97 Å². The van der Waals surface area contributed by atoms with Crippen molar-refractivity contribution in [1.82, 2.24) is 0 Å². The van der Waals surface area contributed by atoms with E-state index in [1.54, 1.807) is 13.0 Å². The molecule has 0 radical (unpaired) electrons. The van der Waals surface area contributed by atoms with Gasteiger partial charge in [-0.1, -0.05) is 44.6 Å². The Kier molecular flexibility index (Phi) is 11.0. The summed E-state index contributed by atoms with van der Waals surface area (Å²) in [4.78, 5) is 10.5. The number of carbonyl (C=O) groups is 1. The molecule has 0 aliphatic heterocycles. The standard InChI is InChI=1S/C14H25FO2/c1-13(14(16)17)11-9-7-5-3-2-4-6-8-10-12-15/h11H,2-10,12H2,1H3,(H,16,17). The summed E-state index contributed by atoms with van der Waals surface area (Å²) in [6.07, 6.45) is 11.4. The molecule has 0 fully saturated rings. The first kappa shape index (κ1) is 16.1. The van der Waals surface area contributed by atoms with E-state index in [2.05, 4.69) is 0 Å². The normalized spacial score (nSPS) is 11.8. The molecule has 2 nitrogen and oxygen atoms in total. The third-order valence-corrected chi connectivity index (χ3v) is 2.88. The highest BCUT2D eigenvalue weighted by Gasteiger charge is 1.97. The van der Waals surface area contributed by atoms with Gasteiger partial charge in [0.25, 0.3) is 0 Å². The van der Waals surface area contributed by atoms with Gasteiger partial charge in [-0.2, -0.15) is 0 Å². The number of carboxylic acids is 1. The van der Waals surface area contributed by atoms with E-state index in [1.165, 1.54) is 19.3 Å². The summed E-state index contributed by atoms with van der Waals surface area (Å²) < 4.78 is 11.8. The third-order valence-electron chi connectivity index (χ3n) is 2.88. The zero-order valence-electron chi connectivity index (χ0n) is 10.9. The van der Waals surface area contributed by atoms with Crippen molar-refractivity contribution >= 4 is 5.97 Å². The van der Waals surface area contributed by atoms with Gasteiger partial charge in [-0.3, -0.25) is 4.39 Å². The van der Waals surface area contributed by atoms with Gasteiger partial charge in [-0.25, -0.2) is 4.79 Å². The Bertz CT molecular complexity index is 224. The molecule has 0 aromatic carbocycles. The molecule has 0 unspecified atom stereocenters. The van der Waals surface area contributed by atoms with Crippen LogP contribution in [0.5, 0.6) is 0 Å². The number of hydrogen-bond acceptors (Lipinski definition) is 1. The molecule has 17 heavy (non-hydrogen) atoms. The first-order chi connectivity index (χ1) is 8.18. The first-order valence-electron chi connectivity index (χ1n) is 6.64. The molecule has 0 aliphatic rings. The largest absolute Gasteiger partial charge is 0.478 e. The molecule has 0 atom stereocenters. The van der Waals surface area contributed by atoms with Crippen LogP contribution < -0.4 is 0 Å². The number of unbranched alkanes of at least 4 members (excludes halogenated alkanes) is 8. The highest BCUT2D eigenvalue weighted by atomic mass is 19.1. The van der Waals surface area contributed by atoms with Gasteiger partial charge in [0.1, 0.15) is 0 Å². The fraction of sp³-hybridized carbons (Fsp3) is 0.786. The van der Waals surface area contributed by atoms with Crippen molar-refractivity contribution in [2.45, 2.75) is 64.7 Å². The van der Waals surface area contributed by atoms with Gasteiger partial charge in [-0.05, 0) is 26.2 Å². The van der Waals surface area contributed by atoms with Crippen LogP contribution in [0.1, 0.15) is 64.7 Å². The quantitative estimate of drug-likeness (QED) is 0.429. The first-order valence-corrected chi connectivity index (χ1v) is 6.64. The molecule has 0 heterocycles. The predicted octanol–water partition coefficient (Wildman–Crippen LogP) is 4.50. The molecule has 100 valence electrons. The Balaban J connectivity index is 3.19. The number of carboxylic acid groups (broad SMARTS) is 1. The zero-order chi connectivity index (χ0) is 12.9. The zero-order valence-corrected chi connectivity index (χ0v) is 10.9. The Morgan fingerprint density at radius 2 is 1.47 bits per heavy atom. The maximum absolute atomic E-state index is 11.8. The van der Waals surface area contributed by atoms with Gasteiger partial charge in [0, 0.05) is 5.57 Å². The van der Waals surface area contributed by atoms with Gasteiger partial charge in [0.2, 0.25) is 0 Å². The third kappa shape index (κ3) is 11.4. The van der Waals surface area contributed by atoms with E-state index in [-0.39, 0.29) is 6.67 Å². The maximum Gasteiger partial charge on any atom is 0.330 e. The molecule has 0 bridgehead atoms. The van der Waals surface area contributed by atoms with Crippen LogP contribution in [0.3, 0.4) is 0 Å². The van der Waals surface area contributed by atoms with Crippen molar-refractivity contribution < 1.29 is 14.3 Å². The van der Waals surface area contributed by atoms with Crippen LogP contribution in [0.2, 0.25) is 0 Å². The Morgan fingerprint density at radius 1 is 1.00 bits per heavy atom. The number of allylic oxidation sites excluding steroid dienone is 1. The Labute approximate surface area is 104 Å². The van der Waals surface area contributed by atoms with Crippen molar-refractivity contribution in [3.05, 3.63) is 11.6 Å². The lowest BCUT2D eigenvalue weighted by Gasteiger charge is -2.00. The van der Waals surface area contributed by atoms with Crippen molar-refractivity contribution in [2.75, 3.05) is 6.67 Å². The van der Waals surface area contributed by atoms with E-state index in [4.69, 9.17) is 5.11 Å². The molecule has 0 amide bonds. The topological polar surface area (TPSA) is 37.3 Å². The number of aliphatic carboxylic acids is 1. The second-order valence-electron chi connectivity index (χ2n) is 4.50. The summed E-state index contributed by atoms with van der Waals surface area (Å²) in [5.41, 5.74) is 0.441. The SMILES string of the molecule is CC(=CCCCCCCCCCCF)C(=O)O. The van der Waals surface area contributed by atoms with Crippen molar-refractivity contribution in [3.63, 3.8) is 0 Å². The predicted molar refractivity (Wildman–Crippen MR) is 68.9 cm³/mol. The monoisotopic (exact) mass is 244 g/mol. The van der Waals surface area contributed by atoms with Gasteiger partial charge >= 0.3 is 5.97 Å². The molecule has 3 heteroatoms. The molecule has 0 rings (SSSR count). The van der Waals surface area contributed by atoms with Crippen LogP contribution in [-0.4, -0.2) is 17.8 Å². The van der Waals surface area contributed by atoms with Crippen LogP contribution >= 0.6 is 0 Å². The summed E-state index contributed by atoms with van der Waals surface area (Å²) >= 11 is 0. The minimum atomic E-state index is -0.821. The fourth-order valence-corrected chi connectivity index (χ4v) is 1.71. The van der Waals surface area contributed by atoms with Crippen molar-refractivity contribution in [2.24, 2.45) is 0 Å². The van der Waals surface area contributed by atoms with E-state index in [1.807, 2.05) is 0 Å². The smallest absolute Gasteiger partial charge is 0.330 e. The summed E-state index contributed by atoms with van der Waals surface area (Å²) in [5, 5.41) is 8.63. The summed E-state index contributed by atoms with van der Waals surface area (Å²) in [6, 6.07) is 0. The lowest BCUT2D eigenvalue weighted by Crippen LogP contribution is -1.95. The Hall–Kier alpha value is -0.860. The second kappa shape index (κ2) is 11.6. The highest BCUT2D eigenvalue weighted by molar-refractivity contribution is 5.85. The van der Waals surface area contributed by atoms with Gasteiger partial charge in [-0.15, -0.1) is 0 Å². The molecular formula is C14H25FO2. The second-order valence-corrected chi connectivity index (χ2v) is 4.50. The molecule has 0 saturated carbocycles. The molecule has 0 aromatic rings. The van der Waals surface area contributed by atoms with E-state index in [0.717, 1.165) is 32.1 Å². The molecule has 0 saturated heterocycles. The lowest BCUT2D eigenvalue weighted by molar-refractivity contribution is -0.132. The van der Waals surface area contributed by atoms with E-state index in [0.29, 0.717) is 12.0 Å². The number of halogens is 1. The van der Waals surface area contributed by atoms with Crippen LogP contribution in [-0.2, 0) is 4.79 Å². The van der Waals surface area contributed by atoms with Gasteiger partial charge < -0.3 is 5.11 Å². The van der Waals surface area contributed by atoms with E-state index >= 15 is 0 Å². The summed E-state index contributed by atoms with van der Waals surface area (Å²) in [5.74, 6) is -0.821. The van der Waals surface area contributed by atoms with Crippen LogP contribution in [0.4, 0.5) is 4.39 Å². The van der Waals surface area contributed by atoms with Crippen molar-refractivity contribution in [3.8, 4) is 0 Å². The lowest BCUT2D eigenvalue weighted by atomic mass is 10.1. The summed E-state index contributed by atoms with van der Waals surface area (Å²) in [6.45, 7) is 1.45. The molecule has 0 aromatic heterocycles. The number of rotatable bonds is 11. The van der Waals surface area contributed by atoms with Crippen LogP contribution in [0.15, 0.2) is 11.6 Å². The fourth-order valence-electron chi connectivity index (χ4n) is 1.71. The molecule has 0 aliphatic carbocycles. The van der Waals surface area contributed by atoms with E-state index in [9.17, 15) is 9.18 Å². The molecule has 0 spiro atoms. The number of hydrogen-bond donors (Lipinski definition) is 1. The average molecular weight is 244 g/mol. The highest BCUT2D eigenvalue weighted by Crippen LogP contribution is 2.10. The average Bonchev–Trinajstić information content (AvgIpc) is 2.31. The van der Waals surface area contributed by atoms with Gasteiger partial charge in [0.05, 0.1) is 6.67 Å².